The highest BCUT2D eigenvalue weighted by molar-refractivity contribution is 6.00. The van der Waals surface area contributed by atoms with Crippen LogP contribution in [0.5, 0.6) is 5.75 Å². The molecular formula is C15H14N2O4. The van der Waals surface area contributed by atoms with Gasteiger partial charge < -0.3 is 20.8 Å². The molecule has 0 aromatic heterocycles. The summed E-state index contributed by atoms with van der Waals surface area (Å²) >= 11 is 0. The first-order valence-corrected chi connectivity index (χ1v) is 6.21. The molecule has 0 radical (unpaired) electrons. The van der Waals surface area contributed by atoms with Gasteiger partial charge in [-0.2, -0.15) is 0 Å². The standard InChI is InChI=1S/C15H14N2O4/c18-11-6-7-13(12(8-11)14(19)20)17-15(21)16-9-10-4-2-1-3-5-10/h1-8,18H,9H2,(H,19,20)(H2,16,17,21). The Morgan fingerprint density at radius 1 is 1.05 bits per heavy atom. The summed E-state index contributed by atoms with van der Waals surface area (Å²) in [7, 11) is 0. The summed E-state index contributed by atoms with van der Waals surface area (Å²) in [4.78, 5) is 22.8. The Morgan fingerprint density at radius 2 is 1.76 bits per heavy atom. The summed E-state index contributed by atoms with van der Waals surface area (Å²) in [5, 5.41) is 23.4. The zero-order chi connectivity index (χ0) is 15.2. The van der Waals surface area contributed by atoms with E-state index in [0.29, 0.717) is 6.54 Å². The molecule has 0 aliphatic heterocycles. The fourth-order valence-electron chi connectivity index (χ4n) is 1.76. The van der Waals surface area contributed by atoms with Gasteiger partial charge >= 0.3 is 12.0 Å². The zero-order valence-electron chi connectivity index (χ0n) is 11.0. The second-order valence-corrected chi connectivity index (χ2v) is 4.33. The van der Waals surface area contributed by atoms with Gasteiger partial charge in [-0.3, -0.25) is 0 Å². The van der Waals surface area contributed by atoms with E-state index in [1.807, 2.05) is 30.3 Å². The maximum atomic E-state index is 11.8. The summed E-state index contributed by atoms with van der Waals surface area (Å²) in [6.45, 7) is 0.327. The number of amides is 2. The number of phenols is 1. The molecule has 2 amide bonds. The summed E-state index contributed by atoms with van der Waals surface area (Å²) in [5.41, 5.74) is 0.868. The van der Waals surface area contributed by atoms with Gasteiger partial charge in [0.25, 0.3) is 0 Å². The first-order chi connectivity index (χ1) is 10.1. The number of carboxylic acids is 1. The summed E-state index contributed by atoms with van der Waals surface area (Å²) in [6, 6.07) is 12.5. The average Bonchev–Trinajstić information content (AvgIpc) is 2.48. The number of nitrogens with one attached hydrogen (secondary N) is 2. The normalized spacial score (nSPS) is 9.90. The van der Waals surface area contributed by atoms with E-state index in [9.17, 15) is 14.7 Å². The van der Waals surface area contributed by atoms with Gasteiger partial charge in [0.2, 0.25) is 0 Å². The van der Waals surface area contributed by atoms with Gasteiger partial charge in [-0.15, -0.1) is 0 Å². The quantitative estimate of drug-likeness (QED) is 0.649. The number of benzene rings is 2. The van der Waals surface area contributed by atoms with Crippen molar-refractivity contribution in [2.24, 2.45) is 0 Å². The SMILES string of the molecule is O=C(NCc1ccccc1)Nc1ccc(O)cc1C(=O)O. The van der Waals surface area contributed by atoms with E-state index in [1.54, 1.807) is 0 Å². The van der Waals surface area contributed by atoms with E-state index in [4.69, 9.17) is 5.11 Å². The van der Waals surface area contributed by atoms with Crippen molar-refractivity contribution in [1.29, 1.82) is 0 Å². The van der Waals surface area contributed by atoms with E-state index in [-0.39, 0.29) is 17.0 Å². The van der Waals surface area contributed by atoms with Crippen LogP contribution in [0.2, 0.25) is 0 Å². The molecule has 0 saturated carbocycles. The third-order valence-electron chi connectivity index (χ3n) is 2.78. The Kier molecular flexibility index (Phi) is 4.40. The molecule has 0 spiro atoms. The second-order valence-electron chi connectivity index (χ2n) is 4.33. The van der Waals surface area contributed by atoms with E-state index >= 15 is 0 Å². The van der Waals surface area contributed by atoms with Crippen molar-refractivity contribution in [1.82, 2.24) is 5.32 Å². The minimum atomic E-state index is -1.23. The lowest BCUT2D eigenvalue weighted by Gasteiger charge is -2.10. The second kappa shape index (κ2) is 6.42. The molecule has 0 fully saturated rings. The van der Waals surface area contributed by atoms with Crippen LogP contribution in [0.15, 0.2) is 48.5 Å². The van der Waals surface area contributed by atoms with E-state index in [0.717, 1.165) is 11.6 Å². The molecule has 0 bridgehead atoms. The fourth-order valence-corrected chi connectivity index (χ4v) is 1.76. The molecule has 0 heterocycles. The minimum Gasteiger partial charge on any atom is -0.508 e. The highest BCUT2D eigenvalue weighted by Gasteiger charge is 2.13. The van der Waals surface area contributed by atoms with Crippen LogP contribution in [0.25, 0.3) is 0 Å². The van der Waals surface area contributed by atoms with Crippen LogP contribution in [0.4, 0.5) is 10.5 Å². The lowest BCUT2D eigenvalue weighted by atomic mass is 10.1. The number of aromatic hydroxyl groups is 1. The predicted molar refractivity (Wildman–Crippen MR) is 77.4 cm³/mol. The molecule has 0 aliphatic rings. The molecule has 2 aromatic rings. The van der Waals surface area contributed by atoms with Gasteiger partial charge in [0.15, 0.2) is 0 Å². The summed E-state index contributed by atoms with van der Waals surface area (Å²) in [6.07, 6.45) is 0. The number of hydrogen-bond acceptors (Lipinski definition) is 3. The van der Waals surface area contributed by atoms with Crippen molar-refractivity contribution in [2.75, 3.05) is 5.32 Å². The van der Waals surface area contributed by atoms with Crippen molar-refractivity contribution < 1.29 is 19.8 Å². The number of aromatic carboxylic acids is 1. The highest BCUT2D eigenvalue weighted by Crippen LogP contribution is 2.21. The van der Waals surface area contributed by atoms with E-state index in [2.05, 4.69) is 10.6 Å². The van der Waals surface area contributed by atoms with Crippen LogP contribution in [0.1, 0.15) is 15.9 Å². The molecule has 21 heavy (non-hydrogen) atoms. The van der Waals surface area contributed by atoms with E-state index in [1.165, 1.54) is 12.1 Å². The molecule has 2 rings (SSSR count). The molecule has 6 heteroatoms. The number of carbonyl (C=O) groups is 2. The van der Waals surface area contributed by atoms with Gasteiger partial charge in [0.1, 0.15) is 5.75 Å². The average molecular weight is 286 g/mol. The monoisotopic (exact) mass is 286 g/mol. The largest absolute Gasteiger partial charge is 0.508 e. The predicted octanol–water partition coefficient (Wildman–Crippen LogP) is 2.41. The Hall–Kier alpha value is -3.02. The van der Waals surface area contributed by atoms with Gasteiger partial charge in [0, 0.05) is 6.54 Å². The Bertz CT molecular complexity index is 656. The third kappa shape index (κ3) is 3.97. The maximum Gasteiger partial charge on any atom is 0.337 e. The Balaban J connectivity index is 2.01. The number of phenolic OH excluding ortho intramolecular Hbond substituents is 1. The summed E-state index contributed by atoms with van der Waals surface area (Å²) in [5.74, 6) is -1.41. The van der Waals surface area contributed by atoms with Crippen LogP contribution >= 0.6 is 0 Å². The van der Waals surface area contributed by atoms with E-state index < -0.39 is 12.0 Å². The lowest BCUT2D eigenvalue weighted by molar-refractivity contribution is 0.0697. The first-order valence-electron chi connectivity index (χ1n) is 6.21. The fraction of sp³-hybridized carbons (Fsp3) is 0.0667. The van der Waals surface area contributed by atoms with Crippen LogP contribution in [-0.2, 0) is 6.54 Å². The van der Waals surface area contributed by atoms with Crippen LogP contribution in [0.3, 0.4) is 0 Å². The van der Waals surface area contributed by atoms with Gasteiger partial charge in [0.05, 0.1) is 11.3 Å². The highest BCUT2D eigenvalue weighted by atomic mass is 16.4. The molecule has 0 atom stereocenters. The first kappa shape index (κ1) is 14.4. The van der Waals surface area contributed by atoms with Crippen LogP contribution in [0, 0.1) is 0 Å². The van der Waals surface area contributed by atoms with Crippen molar-refractivity contribution in [3.63, 3.8) is 0 Å². The number of urea groups is 1. The number of anilines is 1. The molecular weight excluding hydrogens is 272 g/mol. The van der Waals surface area contributed by atoms with Gasteiger partial charge in [-0.25, -0.2) is 9.59 Å². The van der Waals surface area contributed by atoms with Crippen LogP contribution < -0.4 is 10.6 Å². The van der Waals surface area contributed by atoms with Crippen molar-refractivity contribution in [2.45, 2.75) is 6.54 Å². The Morgan fingerprint density at radius 3 is 2.43 bits per heavy atom. The number of hydrogen-bond donors (Lipinski definition) is 4. The minimum absolute atomic E-state index is 0.117. The molecule has 4 N–H and O–H groups in total. The topological polar surface area (TPSA) is 98.7 Å². The maximum absolute atomic E-state index is 11.8. The molecule has 0 saturated heterocycles. The van der Waals surface area contributed by atoms with Gasteiger partial charge in [-0.1, -0.05) is 30.3 Å². The van der Waals surface area contributed by atoms with Crippen LogP contribution in [-0.4, -0.2) is 22.2 Å². The molecule has 0 aliphatic carbocycles. The van der Waals surface area contributed by atoms with Gasteiger partial charge in [-0.05, 0) is 23.8 Å². The summed E-state index contributed by atoms with van der Waals surface area (Å²) < 4.78 is 0. The smallest absolute Gasteiger partial charge is 0.337 e. The number of carboxylic acid groups (broad SMARTS) is 1. The number of rotatable bonds is 4. The molecule has 2 aromatic carbocycles. The van der Waals surface area contributed by atoms with Crippen molar-refractivity contribution >= 4 is 17.7 Å². The van der Waals surface area contributed by atoms with Crippen molar-refractivity contribution in [3.8, 4) is 5.75 Å². The van der Waals surface area contributed by atoms with Crippen molar-refractivity contribution in [3.05, 3.63) is 59.7 Å². The molecule has 6 nitrogen and oxygen atoms in total. The third-order valence-corrected chi connectivity index (χ3v) is 2.78. The lowest BCUT2D eigenvalue weighted by Crippen LogP contribution is -2.28. The zero-order valence-corrected chi connectivity index (χ0v) is 11.0. The number of carbonyl (C=O) groups excluding carboxylic acids is 1. The Labute approximate surface area is 121 Å². The molecule has 0 unspecified atom stereocenters. The molecule has 108 valence electrons.